The molecule has 1 saturated heterocycles. The van der Waals surface area contributed by atoms with Gasteiger partial charge in [0.2, 0.25) is 5.88 Å². The molecule has 3 heterocycles. The van der Waals surface area contributed by atoms with Crippen LogP contribution in [-0.4, -0.2) is 34.9 Å². The highest BCUT2D eigenvalue weighted by atomic mass is 16.5. The normalized spacial score (nSPS) is 17.3. The maximum Gasteiger partial charge on any atom is 0.233 e. The van der Waals surface area contributed by atoms with Crippen LogP contribution >= 0.6 is 0 Å². The highest BCUT2D eigenvalue weighted by Gasteiger charge is 2.23. The summed E-state index contributed by atoms with van der Waals surface area (Å²) < 4.78 is 5.71. The summed E-state index contributed by atoms with van der Waals surface area (Å²) in [6, 6.07) is 9.47. The van der Waals surface area contributed by atoms with E-state index < -0.39 is 0 Å². The average Bonchev–Trinajstić information content (AvgIpc) is 3.03. The van der Waals surface area contributed by atoms with Crippen molar-refractivity contribution >= 4 is 5.69 Å². The van der Waals surface area contributed by atoms with E-state index in [2.05, 4.69) is 20.1 Å². The number of hydrogen-bond acceptors (Lipinski definition) is 6. The number of nitrogens with zero attached hydrogens (tertiary/aromatic N) is 5. The highest BCUT2D eigenvalue weighted by Crippen LogP contribution is 2.23. The third-order valence-electron chi connectivity index (χ3n) is 3.75. The monoisotopic (exact) mass is 295 g/mol. The number of anilines is 1. The van der Waals surface area contributed by atoms with E-state index in [1.54, 1.807) is 12.3 Å². The molecular weight excluding hydrogens is 278 g/mol. The van der Waals surface area contributed by atoms with Crippen LogP contribution in [0.3, 0.4) is 0 Å². The van der Waals surface area contributed by atoms with Gasteiger partial charge < -0.3 is 9.64 Å². The van der Waals surface area contributed by atoms with Crippen molar-refractivity contribution in [3.05, 3.63) is 41.9 Å². The summed E-state index contributed by atoms with van der Waals surface area (Å²) in [5, 5.41) is 16.8. The van der Waals surface area contributed by atoms with E-state index in [0.717, 1.165) is 30.9 Å². The van der Waals surface area contributed by atoms with E-state index in [4.69, 9.17) is 10.00 Å². The molecule has 6 heteroatoms. The summed E-state index contributed by atoms with van der Waals surface area (Å²) in [7, 11) is 0. The Labute approximate surface area is 129 Å². The van der Waals surface area contributed by atoms with Gasteiger partial charge in [-0.1, -0.05) is 0 Å². The van der Waals surface area contributed by atoms with Gasteiger partial charge in [0.15, 0.2) is 0 Å². The first-order chi connectivity index (χ1) is 10.7. The molecule has 2 aromatic rings. The van der Waals surface area contributed by atoms with Gasteiger partial charge in [-0.15, -0.1) is 5.10 Å². The van der Waals surface area contributed by atoms with Crippen LogP contribution in [0.1, 0.15) is 17.8 Å². The van der Waals surface area contributed by atoms with Crippen molar-refractivity contribution in [1.29, 1.82) is 5.26 Å². The van der Waals surface area contributed by atoms with E-state index in [9.17, 15) is 0 Å². The summed E-state index contributed by atoms with van der Waals surface area (Å²) in [4.78, 5) is 6.38. The van der Waals surface area contributed by atoms with E-state index in [-0.39, 0.29) is 0 Å². The predicted molar refractivity (Wildman–Crippen MR) is 81.5 cm³/mol. The Morgan fingerprint density at radius 1 is 1.32 bits per heavy atom. The number of rotatable bonds is 4. The van der Waals surface area contributed by atoms with E-state index >= 15 is 0 Å². The fourth-order valence-electron chi connectivity index (χ4n) is 2.51. The first-order valence-corrected chi connectivity index (χ1v) is 7.29. The lowest BCUT2D eigenvalue weighted by Crippen LogP contribution is -2.22. The Morgan fingerprint density at radius 3 is 2.91 bits per heavy atom. The topological polar surface area (TPSA) is 74.9 Å². The van der Waals surface area contributed by atoms with Gasteiger partial charge >= 0.3 is 0 Å². The Hall–Kier alpha value is -2.68. The van der Waals surface area contributed by atoms with Gasteiger partial charge in [0, 0.05) is 25.1 Å². The number of pyridine rings is 1. The fourth-order valence-corrected chi connectivity index (χ4v) is 2.51. The zero-order valence-corrected chi connectivity index (χ0v) is 12.4. The van der Waals surface area contributed by atoms with Crippen LogP contribution < -0.4 is 9.64 Å². The third-order valence-corrected chi connectivity index (χ3v) is 3.75. The summed E-state index contributed by atoms with van der Waals surface area (Å²) in [6.07, 6.45) is 2.83. The Kier molecular flexibility index (Phi) is 4.15. The Morgan fingerprint density at radius 2 is 2.23 bits per heavy atom. The second kappa shape index (κ2) is 6.39. The summed E-state index contributed by atoms with van der Waals surface area (Å²) in [5.74, 6) is 1.03. The molecule has 0 aromatic carbocycles. The molecule has 0 N–H and O–H groups in total. The number of nitriles is 1. The molecule has 0 radical (unpaired) electrons. The second-order valence-electron chi connectivity index (χ2n) is 5.44. The minimum Gasteiger partial charge on any atom is -0.476 e. The molecule has 0 aliphatic carbocycles. The van der Waals surface area contributed by atoms with Crippen molar-refractivity contribution in [1.82, 2.24) is 15.2 Å². The van der Waals surface area contributed by atoms with Gasteiger partial charge in [-0.25, -0.2) is 4.98 Å². The molecule has 1 unspecified atom stereocenters. The predicted octanol–water partition coefficient (Wildman–Crippen LogP) is 1.96. The van der Waals surface area contributed by atoms with Gasteiger partial charge in [-0.05, 0) is 31.5 Å². The SMILES string of the molecule is Cc1ccc(OCC2CCN(c3ccc(C#N)nc3)C2)nn1. The van der Waals surface area contributed by atoms with Gasteiger partial charge in [-0.2, -0.15) is 10.4 Å². The van der Waals surface area contributed by atoms with Crippen LogP contribution in [0.25, 0.3) is 0 Å². The van der Waals surface area contributed by atoms with Crippen molar-refractivity contribution in [3.63, 3.8) is 0 Å². The van der Waals surface area contributed by atoms with E-state index in [0.29, 0.717) is 24.1 Å². The summed E-state index contributed by atoms with van der Waals surface area (Å²) >= 11 is 0. The summed E-state index contributed by atoms with van der Waals surface area (Å²) in [6.45, 7) is 4.43. The Bertz CT molecular complexity index is 662. The van der Waals surface area contributed by atoms with Crippen molar-refractivity contribution in [2.24, 2.45) is 5.92 Å². The number of aromatic nitrogens is 3. The molecule has 22 heavy (non-hydrogen) atoms. The van der Waals surface area contributed by atoms with E-state index in [1.165, 1.54) is 0 Å². The largest absolute Gasteiger partial charge is 0.476 e. The van der Waals surface area contributed by atoms with Crippen molar-refractivity contribution in [2.45, 2.75) is 13.3 Å². The molecule has 1 aliphatic heterocycles. The van der Waals surface area contributed by atoms with Crippen molar-refractivity contribution in [2.75, 3.05) is 24.6 Å². The zero-order valence-electron chi connectivity index (χ0n) is 12.4. The van der Waals surface area contributed by atoms with Gasteiger partial charge in [0.1, 0.15) is 11.8 Å². The van der Waals surface area contributed by atoms with Gasteiger partial charge in [0.05, 0.1) is 24.2 Å². The first kappa shape index (κ1) is 14.3. The number of ether oxygens (including phenoxy) is 1. The molecule has 0 bridgehead atoms. The van der Waals surface area contributed by atoms with Crippen molar-refractivity contribution < 1.29 is 4.74 Å². The van der Waals surface area contributed by atoms with Crippen LogP contribution in [0, 0.1) is 24.2 Å². The molecule has 112 valence electrons. The van der Waals surface area contributed by atoms with Crippen LogP contribution in [0.5, 0.6) is 5.88 Å². The minimum atomic E-state index is 0.445. The maximum atomic E-state index is 8.78. The molecule has 6 nitrogen and oxygen atoms in total. The van der Waals surface area contributed by atoms with Crippen molar-refractivity contribution in [3.8, 4) is 11.9 Å². The highest BCUT2D eigenvalue weighted by molar-refractivity contribution is 5.46. The lowest BCUT2D eigenvalue weighted by Gasteiger charge is -2.18. The van der Waals surface area contributed by atoms with Crippen LogP contribution in [0.4, 0.5) is 5.69 Å². The van der Waals surface area contributed by atoms with E-state index in [1.807, 2.05) is 31.2 Å². The fraction of sp³-hybridized carbons (Fsp3) is 0.375. The standard InChI is InChI=1S/C16H17N5O/c1-12-2-5-16(20-19-12)22-11-13-6-7-21(10-13)15-4-3-14(8-17)18-9-15/h2-5,9,13H,6-7,10-11H2,1H3. The van der Waals surface area contributed by atoms with Gasteiger partial charge in [-0.3, -0.25) is 0 Å². The number of hydrogen-bond donors (Lipinski definition) is 0. The molecule has 1 atom stereocenters. The molecular formula is C16H17N5O. The zero-order chi connectivity index (χ0) is 15.4. The lowest BCUT2D eigenvalue weighted by molar-refractivity contribution is 0.249. The summed E-state index contributed by atoms with van der Waals surface area (Å²) in [5.41, 5.74) is 2.38. The minimum absolute atomic E-state index is 0.445. The molecule has 1 aliphatic rings. The van der Waals surface area contributed by atoms with Crippen LogP contribution in [-0.2, 0) is 0 Å². The number of aryl methyl sites for hydroxylation is 1. The molecule has 0 spiro atoms. The quantitative estimate of drug-likeness (QED) is 0.858. The van der Waals surface area contributed by atoms with Crippen LogP contribution in [0.15, 0.2) is 30.5 Å². The van der Waals surface area contributed by atoms with Gasteiger partial charge in [0.25, 0.3) is 0 Å². The second-order valence-corrected chi connectivity index (χ2v) is 5.44. The lowest BCUT2D eigenvalue weighted by atomic mass is 10.1. The molecule has 0 amide bonds. The molecule has 2 aromatic heterocycles. The molecule has 1 fully saturated rings. The Balaban J connectivity index is 1.53. The third kappa shape index (κ3) is 3.31. The smallest absolute Gasteiger partial charge is 0.233 e. The first-order valence-electron chi connectivity index (χ1n) is 7.29. The molecule has 0 saturated carbocycles. The average molecular weight is 295 g/mol. The maximum absolute atomic E-state index is 8.78. The molecule has 3 rings (SSSR count). The van der Waals surface area contributed by atoms with Crippen LogP contribution in [0.2, 0.25) is 0 Å².